The van der Waals surface area contributed by atoms with Gasteiger partial charge in [0.2, 0.25) is 5.91 Å². The predicted octanol–water partition coefficient (Wildman–Crippen LogP) is 3.62. The minimum Gasteiger partial charge on any atom is -0.370 e. The predicted molar refractivity (Wildman–Crippen MR) is 104 cm³/mol. The van der Waals surface area contributed by atoms with Crippen LogP contribution in [0.25, 0.3) is 22.2 Å². The fourth-order valence-corrected chi connectivity index (χ4v) is 4.33. The van der Waals surface area contributed by atoms with Crippen molar-refractivity contribution in [3.63, 3.8) is 0 Å². The van der Waals surface area contributed by atoms with E-state index >= 15 is 0 Å². The Balaban J connectivity index is 1.59. The number of pyridine rings is 1. The van der Waals surface area contributed by atoms with Gasteiger partial charge < -0.3 is 10.2 Å². The molecule has 0 radical (unpaired) electrons. The summed E-state index contributed by atoms with van der Waals surface area (Å²) in [7, 11) is 0. The van der Waals surface area contributed by atoms with Crippen molar-refractivity contribution in [3.8, 4) is 11.3 Å². The summed E-state index contributed by atoms with van der Waals surface area (Å²) in [6, 6.07) is 21.2. The van der Waals surface area contributed by atoms with E-state index in [1.807, 2.05) is 24.3 Å². The number of hydrogen-bond donors (Lipinski definition) is 1. The Morgan fingerprint density at radius 1 is 1.04 bits per heavy atom. The number of nitrogens with zero attached hydrogens (tertiary/aromatic N) is 2. The zero-order chi connectivity index (χ0) is 17.5. The quantitative estimate of drug-likeness (QED) is 0.773. The molecule has 130 valence electrons. The Hall–Kier alpha value is -2.88. The number of rotatable bonds is 2. The van der Waals surface area contributed by atoms with E-state index in [4.69, 9.17) is 4.98 Å². The topological polar surface area (TPSA) is 45.2 Å². The number of benzene rings is 2. The van der Waals surface area contributed by atoms with Gasteiger partial charge in [-0.1, -0.05) is 48.5 Å². The minimum atomic E-state index is 0.200. The number of anilines is 1. The number of piperidine rings is 1. The second-order valence-electron chi connectivity index (χ2n) is 7.28. The SMILES string of the molecule is O=C1C[C@@H]2CN(c3cc(-c4ccccc4)nc4ccccc34)CC[C@@H]2N1. The van der Waals surface area contributed by atoms with Gasteiger partial charge in [-0.2, -0.15) is 0 Å². The molecule has 0 bridgehead atoms. The Kier molecular flexibility index (Phi) is 3.63. The average Bonchev–Trinajstić information content (AvgIpc) is 3.07. The van der Waals surface area contributed by atoms with Crippen LogP contribution in [0.4, 0.5) is 5.69 Å². The third-order valence-electron chi connectivity index (χ3n) is 5.63. The molecule has 0 spiro atoms. The van der Waals surface area contributed by atoms with E-state index < -0.39 is 0 Å². The summed E-state index contributed by atoms with van der Waals surface area (Å²) in [5.74, 6) is 0.606. The molecule has 2 aliphatic rings. The molecule has 26 heavy (non-hydrogen) atoms. The van der Waals surface area contributed by atoms with Crippen LogP contribution >= 0.6 is 0 Å². The van der Waals surface area contributed by atoms with Gasteiger partial charge in [0.1, 0.15) is 0 Å². The van der Waals surface area contributed by atoms with Crippen LogP contribution in [-0.4, -0.2) is 30.0 Å². The van der Waals surface area contributed by atoms with Crippen LogP contribution in [0.1, 0.15) is 12.8 Å². The van der Waals surface area contributed by atoms with Gasteiger partial charge >= 0.3 is 0 Å². The first kappa shape index (κ1) is 15.4. The van der Waals surface area contributed by atoms with E-state index in [1.165, 1.54) is 11.1 Å². The van der Waals surface area contributed by atoms with Crippen molar-refractivity contribution < 1.29 is 4.79 Å². The van der Waals surface area contributed by atoms with Gasteiger partial charge in [-0.05, 0) is 18.6 Å². The maximum Gasteiger partial charge on any atom is 0.220 e. The number of aromatic nitrogens is 1. The van der Waals surface area contributed by atoms with E-state index in [0.29, 0.717) is 18.4 Å². The molecule has 2 fully saturated rings. The minimum absolute atomic E-state index is 0.200. The number of para-hydroxylation sites is 1. The van der Waals surface area contributed by atoms with Crippen LogP contribution in [0.5, 0.6) is 0 Å². The number of nitrogens with one attached hydrogen (secondary N) is 1. The lowest BCUT2D eigenvalue weighted by Crippen LogP contribution is -2.44. The largest absolute Gasteiger partial charge is 0.370 e. The number of hydrogen-bond acceptors (Lipinski definition) is 3. The zero-order valence-electron chi connectivity index (χ0n) is 14.6. The van der Waals surface area contributed by atoms with Crippen LogP contribution < -0.4 is 10.2 Å². The Labute approximate surface area is 152 Å². The summed E-state index contributed by atoms with van der Waals surface area (Å²) in [4.78, 5) is 19.1. The van der Waals surface area contributed by atoms with Crippen LogP contribution in [0.3, 0.4) is 0 Å². The first-order valence-corrected chi connectivity index (χ1v) is 9.27. The molecule has 5 rings (SSSR count). The molecule has 1 aromatic heterocycles. The molecule has 4 nitrogen and oxygen atoms in total. The van der Waals surface area contributed by atoms with Crippen molar-refractivity contribution in [1.29, 1.82) is 0 Å². The molecule has 0 unspecified atom stereocenters. The molecule has 0 saturated carbocycles. The number of carbonyl (C=O) groups is 1. The average molecular weight is 343 g/mol. The van der Waals surface area contributed by atoms with Crippen molar-refractivity contribution >= 4 is 22.5 Å². The molecule has 2 aliphatic heterocycles. The second kappa shape index (κ2) is 6.13. The Morgan fingerprint density at radius 3 is 2.73 bits per heavy atom. The van der Waals surface area contributed by atoms with Crippen LogP contribution in [0, 0.1) is 5.92 Å². The maximum absolute atomic E-state index is 11.8. The number of fused-ring (bicyclic) bond motifs is 2. The monoisotopic (exact) mass is 343 g/mol. The highest BCUT2D eigenvalue weighted by molar-refractivity contribution is 5.94. The van der Waals surface area contributed by atoms with Gasteiger partial charge in [0.15, 0.2) is 0 Å². The van der Waals surface area contributed by atoms with Gasteiger partial charge in [0.05, 0.1) is 11.2 Å². The molecule has 3 aromatic rings. The fourth-order valence-electron chi connectivity index (χ4n) is 4.33. The van der Waals surface area contributed by atoms with Crippen molar-refractivity contribution in [2.75, 3.05) is 18.0 Å². The highest BCUT2D eigenvalue weighted by Gasteiger charge is 2.37. The van der Waals surface area contributed by atoms with Crippen molar-refractivity contribution in [2.24, 2.45) is 5.92 Å². The van der Waals surface area contributed by atoms with Crippen LogP contribution in [-0.2, 0) is 4.79 Å². The molecule has 1 N–H and O–H groups in total. The number of carbonyl (C=O) groups excluding carboxylic acids is 1. The summed E-state index contributed by atoms with van der Waals surface area (Å²) in [6.07, 6.45) is 1.66. The lowest BCUT2D eigenvalue weighted by Gasteiger charge is -2.36. The van der Waals surface area contributed by atoms with E-state index in [1.54, 1.807) is 0 Å². The van der Waals surface area contributed by atoms with Gasteiger partial charge in [-0.25, -0.2) is 4.98 Å². The smallest absolute Gasteiger partial charge is 0.220 e. The first-order chi connectivity index (χ1) is 12.8. The van der Waals surface area contributed by atoms with Crippen molar-refractivity contribution in [2.45, 2.75) is 18.9 Å². The van der Waals surface area contributed by atoms with E-state index in [9.17, 15) is 4.79 Å². The molecule has 2 atom stereocenters. The van der Waals surface area contributed by atoms with E-state index in [0.717, 1.165) is 36.3 Å². The summed E-state index contributed by atoms with van der Waals surface area (Å²) >= 11 is 0. The standard InChI is InChI=1S/C22H21N3O/c26-22-12-16-14-25(11-10-18(16)24-22)21-13-20(15-6-2-1-3-7-15)23-19-9-5-4-8-17(19)21/h1-9,13,16,18H,10-12,14H2,(H,24,26)/t16-,18+/m1/s1. The third kappa shape index (κ3) is 2.62. The lowest BCUT2D eigenvalue weighted by atomic mass is 9.92. The lowest BCUT2D eigenvalue weighted by molar-refractivity contribution is -0.119. The van der Waals surface area contributed by atoms with Crippen LogP contribution in [0.2, 0.25) is 0 Å². The van der Waals surface area contributed by atoms with Gasteiger partial charge in [0, 0.05) is 48.1 Å². The summed E-state index contributed by atoms with van der Waals surface area (Å²) in [5.41, 5.74) is 4.38. The maximum atomic E-state index is 11.8. The van der Waals surface area contributed by atoms with E-state index in [-0.39, 0.29) is 5.91 Å². The summed E-state index contributed by atoms with van der Waals surface area (Å²) in [6.45, 7) is 1.88. The molecule has 0 aliphatic carbocycles. The second-order valence-corrected chi connectivity index (χ2v) is 7.28. The Bertz CT molecular complexity index is 970. The number of amides is 1. The molecule has 1 amide bonds. The Morgan fingerprint density at radius 2 is 1.85 bits per heavy atom. The first-order valence-electron chi connectivity index (χ1n) is 9.27. The molecular formula is C22H21N3O. The van der Waals surface area contributed by atoms with Crippen LogP contribution in [0.15, 0.2) is 60.7 Å². The zero-order valence-corrected chi connectivity index (χ0v) is 14.6. The molecule has 2 aromatic carbocycles. The van der Waals surface area contributed by atoms with Gasteiger partial charge in [0.25, 0.3) is 0 Å². The van der Waals surface area contributed by atoms with Crippen molar-refractivity contribution in [3.05, 3.63) is 60.7 Å². The normalized spacial score (nSPS) is 22.3. The van der Waals surface area contributed by atoms with Crippen molar-refractivity contribution in [1.82, 2.24) is 10.3 Å². The molecule has 3 heterocycles. The third-order valence-corrected chi connectivity index (χ3v) is 5.63. The molecular weight excluding hydrogens is 322 g/mol. The highest BCUT2D eigenvalue weighted by Crippen LogP contribution is 2.35. The van der Waals surface area contributed by atoms with E-state index in [2.05, 4.69) is 46.6 Å². The summed E-state index contributed by atoms with van der Waals surface area (Å²) < 4.78 is 0. The van der Waals surface area contributed by atoms with Gasteiger partial charge in [-0.3, -0.25) is 4.79 Å². The summed E-state index contributed by atoms with van der Waals surface area (Å²) in [5, 5.41) is 4.31. The van der Waals surface area contributed by atoms with Gasteiger partial charge in [-0.15, -0.1) is 0 Å². The highest BCUT2D eigenvalue weighted by atomic mass is 16.2. The molecule has 2 saturated heterocycles. The molecule has 4 heteroatoms. The fraction of sp³-hybridized carbons (Fsp3) is 0.273.